The third kappa shape index (κ3) is 2.84. The molecule has 3 aromatic rings. The molecule has 0 radical (unpaired) electrons. The lowest BCUT2D eigenvalue weighted by Crippen LogP contribution is -2.27. The molecular formula is C20H25N5OS. The Hall–Kier alpha value is -1.99. The summed E-state index contributed by atoms with van der Waals surface area (Å²) in [6, 6.07) is 2.02. The zero-order valence-corrected chi connectivity index (χ0v) is 16.8. The van der Waals surface area contributed by atoms with Gasteiger partial charge in [-0.1, -0.05) is 0 Å². The van der Waals surface area contributed by atoms with Crippen LogP contribution in [0.15, 0.2) is 16.2 Å². The lowest BCUT2D eigenvalue weighted by molar-refractivity contribution is 0.233. The van der Waals surface area contributed by atoms with E-state index < -0.39 is 0 Å². The summed E-state index contributed by atoms with van der Waals surface area (Å²) in [6.07, 6.45) is 7.09. The van der Waals surface area contributed by atoms with Gasteiger partial charge >= 0.3 is 0 Å². The number of nitrogens with zero attached hydrogens (tertiary/aromatic N) is 5. The van der Waals surface area contributed by atoms with Crippen LogP contribution in [0.3, 0.4) is 0 Å². The monoisotopic (exact) mass is 383 g/mol. The Balaban J connectivity index is 1.45. The summed E-state index contributed by atoms with van der Waals surface area (Å²) in [5.41, 5.74) is 4.58. The lowest BCUT2D eigenvalue weighted by atomic mass is 10.0. The van der Waals surface area contributed by atoms with E-state index in [1.54, 1.807) is 10.5 Å². The summed E-state index contributed by atoms with van der Waals surface area (Å²) >= 11 is 1.53. The van der Waals surface area contributed by atoms with Crippen molar-refractivity contribution in [2.24, 2.45) is 7.05 Å². The van der Waals surface area contributed by atoms with Crippen LogP contribution in [0.1, 0.15) is 60.3 Å². The van der Waals surface area contributed by atoms with Crippen LogP contribution in [0.4, 0.5) is 0 Å². The summed E-state index contributed by atoms with van der Waals surface area (Å²) in [5.74, 6) is 1.20. The molecule has 0 N–H and O–H groups in total. The highest BCUT2D eigenvalue weighted by Gasteiger charge is 2.31. The normalized spacial score (nSPS) is 20.4. The number of thiazole rings is 1. The molecule has 27 heavy (non-hydrogen) atoms. The summed E-state index contributed by atoms with van der Waals surface area (Å²) < 4.78 is 4.04. The van der Waals surface area contributed by atoms with Crippen LogP contribution < -0.4 is 5.56 Å². The maximum atomic E-state index is 12.5. The average Bonchev–Trinajstić information content (AvgIpc) is 3.34. The Labute approximate surface area is 162 Å². The van der Waals surface area contributed by atoms with E-state index in [0.29, 0.717) is 12.6 Å². The van der Waals surface area contributed by atoms with E-state index in [-0.39, 0.29) is 5.56 Å². The Morgan fingerprint density at radius 1 is 1.22 bits per heavy atom. The van der Waals surface area contributed by atoms with Gasteiger partial charge in [0, 0.05) is 36.4 Å². The molecule has 5 rings (SSSR count). The molecule has 1 aliphatic heterocycles. The van der Waals surface area contributed by atoms with Crippen molar-refractivity contribution in [3.63, 3.8) is 0 Å². The summed E-state index contributed by atoms with van der Waals surface area (Å²) in [5, 5.41) is 1.99. The first kappa shape index (κ1) is 17.1. The standard InChI is InChI=1S/C20H25N5OS/c1-13-12-27-20-21-14(10-18(26)25(13)20)11-24-9-5-8-17(24)19-22-15-6-3-4-7-16(15)23(19)2/h10,12,17H,3-9,11H2,1-2H3/t17-/m0/s1. The number of rotatable bonds is 3. The molecule has 0 spiro atoms. The van der Waals surface area contributed by atoms with E-state index in [4.69, 9.17) is 9.97 Å². The van der Waals surface area contributed by atoms with Gasteiger partial charge in [-0.2, -0.15) is 0 Å². The molecule has 2 aliphatic rings. The van der Waals surface area contributed by atoms with Gasteiger partial charge < -0.3 is 4.57 Å². The van der Waals surface area contributed by atoms with Crippen molar-refractivity contribution >= 4 is 16.3 Å². The summed E-state index contributed by atoms with van der Waals surface area (Å²) in [7, 11) is 2.17. The molecule has 7 heteroatoms. The van der Waals surface area contributed by atoms with E-state index in [1.807, 2.05) is 12.3 Å². The molecule has 0 aromatic carbocycles. The number of imidazole rings is 1. The van der Waals surface area contributed by atoms with Gasteiger partial charge in [0.25, 0.3) is 5.56 Å². The number of hydrogen-bond acceptors (Lipinski definition) is 5. The molecule has 0 bridgehead atoms. The maximum absolute atomic E-state index is 12.5. The van der Waals surface area contributed by atoms with Crippen LogP contribution in [0.2, 0.25) is 0 Å². The first-order chi connectivity index (χ1) is 13.1. The van der Waals surface area contributed by atoms with Crippen molar-refractivity contribution in [2.45, 2.75) is 58.0 Å². The molecule has 6 nitrogen and oxygen atoms in total. The summed E-state index contributed by atoms with van der Waals surface area (Å²) in [6.45, 7) is 3.70. The van der Waals surface area contributed by atoms with Gasteiger partial charge in [0.1, 0.15) is 5.82 Å². The van der Waals surface area contributed by atoms with E-state index in [1.165, 1.54) is 47.8 Å². The lowest BCUT2D eigenvalue weighted by Gasteiger charge is -2.24. The van der Waals surface area contributed by atoms with E-state index in [0.717, 1.165) is 42.2 Å². The van der Waals surface area contributed by atoms with Gasteiger partial charge in [0.05, 0.1) is 17.4 Å². The second-order valence-corrected chi connectivity index (χ2v) is 8.68. The smallest absolute Gasteiger partial charge is 0.259 e. The molecule has 0 unspecified atom stereocenters. The largest absolute Gasteiger partial charge is 0.334 e. The van der Waals surface area contributed by atoms with Crippen LogP contribution >= 0.6 is 11.3 Å². The van der Waals surface area contributed by atoms with Crippen LogP contribution in [0.5, 0.6) is 0 Å². The third-order valence-electron chi connectivity index (χ3n) is 6.06. The maximum Gasteiger partial charge on any atom is 0.259 e. The molecule has 0 amide bonds. The van der Waals surface area contributed by atoms with Crippen molar-refractivity contribution in [1.29, 1.82) is 0 Å². The van der Waals surface area contributed by atoms with Gasteiger partial charge in [-0.05, 0) is 52.0 Å². The van der Waals surface area contributed by atoms with Crippen molar-refractivity contribution in [3.05, 3.63) is 50.4 Å². The number of likely N-dealkylation sites (tertiary alicyclic amines) is 1. The van der Waals surface area contributed by atoms with Crippen LogP contribution in [0.25, 0.3) is 4.96 Å². The SMILES string of the molecule is Cc1csc2nc(CN3CCC[C@H]3c3nc4c(n3C)CCCC4)cc(=O)n12. The molecule has 4 heterocycles. The van der Waals surface area contributed by atoms with E-state index in [9.17, 15) is 4.79 Å². The molecule has 0 saturated carbocycles. The van der Waals surface area contributed by atoms with E-state index in [2.05, 4.69) is 16.5 Å². The van der Waals surface area contributed by atoms with Gasteiger partial charge in [0.2, 0.25) is 0 Å². The van der Waals surface area contributed by atoms with Crippen molar-refractivity contribution < 1.29 is 0 Å². The average molecular weight is 384 g/mol. The first-order valence-corrected chi connectivity index (χ1v) is 10.7. The Morgan fingerprint density at radius 3 is 2.93 bits per heavy atom. The van der Waals surface area contributed by atoms with Crippen molar-refractivity contribution in [1.82, 2.24) is 23.8 Å². The molecule has 1 aliphatic carbocycles. The minimum atomic E-state index is 0.0250. The van der Waals surface area contributed by atoms with Crippen molar-refractivity contribution in [3.8, 4) is 0 Å². The first-order valence-electron chi connectivity index (χ1n) is 9.87. The Morgan fingerprint density at radius 2 is 2.07 bits per heavy atom. The van der Waals surface area contributed by atoms with Gasteiger partial charge in [0.15, 0.2) is 4.96 Å². The second kappa shape index (κ2) is 6.56. The fourth-order valence-corrected chi connectivity index (χ4v) is 5.59. The molecule has 1 fully saturated rings. The van der Waals surface area contributed by atoms with Crippen molar-refractivity contribution in [2.75, 3.05) is 6.54 Å². The zero-order valence-electron chi connectivity index (χ0n) is 15.9. The molecule has 1 atom stereocenters. The molecule has 1 saturated heterocycles. The second-order valence-electron chi connectivity index (χ2n) is 7.84. The zero-order chi connectivity index (χ0) is 18.5. The molecule has 142 valence electrons. The van der Waals surface area contributed by atoms with Crippen LogP contribution in [0, 0.1) is 6.92 Å². The van der Waals surface area contributed by atoms with Gasteiger partial charge in [-0.25, -0.2) is 9.97 Å². The van der Waals surface area contributed by atoms with Crippen LogP contribution in [-0.2, 0) is 26.4 Å². The van der Waals surface area contributed by atoms with Gasteiger partial charge in [-0.3, -0.25) is 14.1 Å². The predicted molar refractivity (Wildman–Crippen MR) is 106 cm³/mol. The number of aromatic nitrogens is 4. The highest BCUT2D eigenvalue weighted by Crippen LogP contribution is 2.34. The third-order valence-corrected chi connectivity index (χ3v) is 7.01. The highest BCUT2D eigenvalue weighted by atomic mass is 32.1. The highest BCUT2D eigenvalue weighted by molar-refractivity contribution is 7.15. The fraction of sp³-hybridized carbons (Fsp3) is 0.550. The number of fused-ring (bicyclic) bond motifs is 2. The quantitative estimate of drug-likeness (QED) is 0.698. The Bertz CT molecular complexity index is 1060. The number of hydrogen-bond donors (Lipinski definition) is 0. The number of aryl methyl sites for hydroxylation is 2. The minimum absolute atomic E-state index is 0.0250. The van der Waals surface area contributed by atoms with E-state index >= 15 is 0 Å². The van der Waals surface area contributed by atoms with Crippen LogP contribution in [-0.4, -0.2) is 30.4 Å². The van der Waals surface area contributed by atoms with Gasteiger partial charge in [-0.15, -0.1) is 11.3 Å². The Kier molecular flexibility index (Phi) is 4.16. The molecule has 3 aromatic heterocycles. The minimum Gasteiger partial charge on any atom is -0.334 e. The fourth-order valence-electron chi connectivity index (χ4n) is 4.70. The predicted octanol–water partition coefficient (Wildman–Crippen LogP) is 3.01. The topological polar surface area (TPSA) is 55.4 Å². The summed E-state index contributed by atoms with van der Waals surface area (Å²) in [4.78, 5) is 25.5. The molecular weight excluding hydrogens is 358 g/mol.